The fraction of sp³-hybridized carbons (Fsp3) is 0.389. The quantitative estimate of drug-likeness (QED) is 0.778. The Bertz CT molecular complexity index is 736. The highest BCUT2D eigenvalue weighted by molar-refractivity contribution is 8.23. The van der Waals surface area contributed by atoms with Gasteiger partial charge in [0.15, 0.2) is 0 Å². The molecule has 5 nitrogen and oxygen atoms in total. The maximum Gasteiger partial charge on any atom is 0.235 e. The first kappa shape index (κ1) is 19.5. The molecular weight excluding hydrogens is 352 g/mol. The van der Waals surface area contributed by atoms with Crippen LogP contribution in [-0.4, -0.2) is 43.8 Å². The normalized spacial score (nSPS) is 10.6. The van der Waals surface area contributed by atoms with Crippen molar-refractivity contribution in [2.45, 2.75) is 27.7 Å². The van der Waals surface area contributed by atoms with E-state index >= 15 is 0 Å². The zero-order valence-corrected chi connectivity index (χ0v) is 16.7. The average molecular weight is 377 g/mol. The molecule has 1 heterocycles. The van der Waals surface area contributed by atoms with E-state index in [1.807, 2.05) is 44.2 Å². The highest BCUT2D eigenvalue weighted by atomic mass is 32.2. The Morgan fingerprint density at radius 2 is 1.88 bits per heavy atom. The molecule has 0 aliphatic heterocycles. The van der Waals surface area contributed by atoms with E-state index in [1.54, 1.807) is 4.68 Å². The molecular formula is C18H24N4OS2. The van der Waals surface area contributed by atoms with E-state index in [0.717, 1.165) is 28.8 Å². The van der Waals surface area contributed by atoms with Crippen LogP contribution in [0.5, 0.6) is 0 Å². The predicted octanol–water partition coefficient (Wildman–Crippen LogP) is 3.79. The van der Waals surface area contributed by atoms with Crippen molar-refractivity contribution >= 4 is 40.0 Å². The van der Waals surface area contributed by atoms with Gasteiger partial charge in [-0.25, -0.2) is 4.68 Å². The summed E-state index contributed by atoms with van der Waals surface area (Å²) >= 11 is 6.75. The third-order valence-corrected chi connectivity index (χ3v) is 5.25. The second-order valence-electron chi connectivity index (χ2n) is 5.69. The van der Waals surface area contributed by atoms with Crippen LogP contribution in [0, 0.1) is 13.8 Å². The Balaban J connectivity index is 2.04. The third-order valence-electron chi connectivity index (χ3n) is 3.73. The van der Waals surface area contributed by atoms with E-state index in [0.29, 0.717) is 5.82 Å². The SMILES string of the molecule is CCN(CC)C(=S)SCC(=O)Nc1cc(C)nn1-c1ccc(C)cc1. The highest BCUT2D eigenvalue weighted by Crippen LogP contribution is 2.18. The van der Waals surface area contributed by atoms with Crippen LogP contribution in [0.15, 0.2) is 30.3 Å². The van der Waals surface area contributed by atoms with Gasteiger partial charge in [-0.1, -0.05) is 41.7 Å². The molecule has 25 heavy (non-hydrogen) atoms. The Hall–Kier alpha value is -1.86. The van der Waals surface area contributed by atoms with Gasteiger partial charge in [-0.15, -0.1) is 0 Å². The van der Waals surface area contributed by atoms with Crippen LogP contribution in [0.2, 0.25) is 0 Å². The number of thioether (sulfide) groups is 1. The summed E-state index contributed by atoms with van der Waals surface area (Å²) in [7, 11) is 0. The minimum Gasteiger partial charge on any atom is -0.358 e. The third kappa shape index (κ3) is 5.31. The van der Waals surface area contributed by atoms with Gasteiger partial charge in [-0.2, -0.15) is 5.10 Å². The minimum atomic E-state index is -0.0900. The summed E-state index contributed by atoms with van der Waals surface area (Å²) in [6.07, 6.45) is 0. The molecule has 0 spiro atoms. The number of hydrogen-bond acceptors (Lipinski definition) is 4. The van der Waals surface area contributed by atoms with Crippen molar-refractivity contribution < 1.29 is 4.79 Å². The first-order chi connectivity index (χ1) is 11.9. The van der Waals surface area contributed by atoms with E-state index in [9.17, 15) is 4.79 Å². The average Bonchev–Trinajstić information content (AvgIpc) is 2.95. The molecule has 1 amide bonds. The fourth-order valence-corrected chi connectivity index (χ4v) is 3.55. The van der Waals surface area contributed by atoms with Crippen LogP contribution in [0.3, 0.4) is 0 Å². The Morgan fingerprint density at radius 3 is 2.48 bits per heavy atom. The van der Waals surface area contributed by atoms with Gasteiger partial charge < -0.3 is 10.2 Å². The first-order valence-corrected chi connectivity index (χ1v) is 9.69. The van der Waals surface area contributed by atoms with Gasteiger partial charge >= 0.3 is 0 Å². The smallest absolute Gasteiger partial charge is 0.235 e. The van der Waals surface area contributed by atoms with Crippen LogP contribution < -0.4 is 5.32 Å². The van der Waals surface area contributed by atoms with E-state index in [4.69, 9.17) is 12.2 Å². The van der Waals surface area contributed by atoms with Gasteiger partial charge in [0.1, 0.15) is 10.1 Å². The molecule has 134 valence electrons. The largest absolute Gasteiger partial charge is 0.358 e. The van der Waals surface area contributed by atoms with Gasteiger partial charge in [-0.05, 0) is 39.8 Å². The molecule has 1 N–H and O–H groups in total. The van der Waals surface area contributed by atoms with Crippen LogP contribution in [0.4, 0.5) is 5.82 Å². The van der Waals surface area contributed by atoms with Crippen LogP contribution in [0.1, 0.15) is 25.1 Å². The van der Waals surface area contributed by atoms with E-state index < -0.39 is 0 Å². The Labute approximate surface area is 158 Å². The second-order valence-corrected chi connectivity index (χ2v) is 7.30. The summed E-state index contributed by atoms with van der Waals surface area (Å²) in [5, 5.41) is 7.41. The molecule has 7 heteroatoms. The number of carbonyl (C=O) groups excluding carboxylic acids is 1. The van der Waals surface area contributed by atoms with E-state index in [2.05, 4.69) is 29.2 Å². The number of benzene rings is 1. The number of carbonyl (C=O) groups is 1. The van der Waals surface area contributed by atoms with Crippen LogP contribution >= 0.6 is 24.0 Å². The molecule has 0 saturated carbocycles. The molecule has 0 fully saturated rings. The molecule has 1 aromatic carbocycles. The van der Waals surface area contributed by atoms with E-state index in [-0.39, 0.29) is 11.7 Å². The number of rotatable bonds is 6. The standard InChI is InChI=1S/C18H24N4OS2/c1-5-21(6-2)18(24)25-12-17(23)19-16-11-14(4)20-22(16)15-9-7-13(3)8-10-15/h7-11H,5-6,12H2,1-4H3,(H,19,23). The summed E-state index contributed by atoms with van der Waals surface area (Å²) < 4.78 is 2.50. The lowest BCUT2D eigenvalue weighted by Gasteiger charge is -2.20. The molecule has 2 rings (SSSR count). The molecule has 2 aromatic rings. The molecule has 0 bridgehead atoms. The number of aryl methyl sites for hydroxylation is 2. The number of amides is 1. The maximum absolute atomic E-state index is 12.3. The van der Waals surface area contributed by atoms with Crippen molar-refractivity contribution in [1.82, 2.24) is 14.7 Å². The fourth-order valence-electron chi connectivity index (χ4n) is 2.35. The van der Waals surface area contributed by atoms with Crippen LogP contribution in [-0.2, 0) is 4.79 Å². The Morgan fingerprint density at radius 1 is 1.24 bits per heavy atom. The molecule has 0 aliphatic carbocycles. The molecule has 0 atom stereocenters. The minimum absolute atomic E-state index is 0.0900. The second kappa shape index (κ2) is 9.01. The molecule has 0 unspecified atom stereocenters. The monoisotopic (exact) mass is 376 g/mol. The van der Waals surface area contributed by atoms with Crippen molar-refractivity contribution in [3.05, 3.63) is 41.6 Å². The highest BCUT2D eigenvalue weighted by Gasteiger charge is 2.13. The molecule has 0 aliphatic rings. The van der Waals surface area contributed by atoms with Gasteiger partial charge in [0, 0.05) is 19.2 Å². The summed E-state index contributed by atoms with van der Waals surface area (Å²) in [5.41, 5.74) is 2.95. The zero-order valence-electron chi connectivity index (χ0n) is 15.1. The van der Waals surface area contributed by atoms with Gasteiger partial charge in [0.05, 0.1) is 17.1 Å². The topological polar surface area (TPSA) is 50.2 Å². The number of nitrogens with zero attached hydrogens (tertiary/aromatic N) is 3. The first-order valence-electron chi connectivity index (χ1n) is 8.29. The number of thiocarbonyl (C=S) groups is 1. The van der Waals surface area contributed by atoms with E-state index in [1.165, 1.54) is 17.3 Å². The van der Waals surface area contributed by atoms with Crippen molar-refractivity contribution in [2.75, 3.05) is 24.2 Å². The summed E-state index contributed by atoms with van der Waals surface area (Å²) in [4.78, 5) is 14.4. The maximum atomic E-state index is 12.3. The lowest BCUT2D eigenvalue weighted by atomic mass is 10.2. The van der Waals surface area contributed by atoms with Crippen molar-refractivity contribution in [3.63, 3.8) is 0 Å². The van der Waals surface area contributed by atoms with Gasteiger partial charge in [0.25, 0.3) is 0 Å². The number of nitrogens with one attached hydrogen (secondary N) is 1. The molecule has 1 aromatic heterocycles. The number of hydrogen-bond donors (Lipinski definition) is 1. The van der Waals surface area contributed by atoms with Crippen molar-refractivity contribution in [1.29, 1.82) is 0 Å². The lowest BCUT2D eigenvalue weighted by molar-refractivity contribution is -0.113. The number of aromatic nitrogens is 2. The van der Waals surface area contributed by atoms with Gasteiger partial charge in [-0.3, -0.25) is 4.79 Å². The predicted molar refractivity (Wildman–Crippen MR) is 110 cm³/mol. The summed E-state index contributed by atoms with van der Waals surface area (Å²) in [6, 6.07) is 9.89. The number of anilines is 1. The van der Waals surface area contributed by atoms with Gasteiger partial charge in [0.2, 0.25) is 5.91 Å². The molecule has 0 saturated heterocycles. The van der Waals surface area contributed by atoms with Crippen molar-refractivity contribution in [2.24, 2.45) is 0 Å². The molecule has 0 radical (unpaired) electrons. The van der Waals surface area contributed by atoms with Crippen LogP contribution in [0.25, 0.3) is 5.69 Å². The Kier molecular flexibility index (Phi) is 7.01. The zero-order chi connectivity index (χ0) is 18.4. The summed E-state index contributed by atoms with van der Waals surface area (Å²) in [5.74, 6) is 0.862. The summed E-state index contributed by atoms with van der Waals surface area (Å²) in [6.45, 7) is 9.76. The lowest BCUT2D eigenvalue weighted by Crippen LogP contribution is -2.28. The van der Waals surface area contributed by atoms with Crippen molar-refractivity contribution in [3.8, 4) is 5.69 Å².